The van der Waals surface area contributed by atoms with E-state index in [-0.39, 0.29) is 5.88 Å². The second-order valence-corrected chi connectivity index (χ2v) is 4.21. The molecule has 0 aromatic carbocycles. The molecule has 15 heavy (non-hydrogen) atoms. The molecular weight excluding hydrogens is 214 g/mol. The molecular formula is C10H16ClN3O. The van der Waals surface area contributed by atoms with E-state index in [1.165, 1.54) is 19.3 Å². The quantitative estimate of drug-likeness (QED) is 0.728. The van der Waals surface area contributed by atoms with Gasteiger partial charge in [0, 0.05) is 13.1 Å². The average Bonchev–Trinajstić information content (AvgIpc) is 2.65. The van der Waals surface area contributed by atoms with E-state index >= 15 is 0 Å². The van der Waals surface area contributed by atoms with Gasteiger partial charge in [-0.3, -0.25) is 0 Å². The predicted molar refractivity (Wildman–Crippen MR) is 59.1 cm³/mol. The molecule has 0 saturated heterocycles. The molecule has 2 rings (SSSR count). The Bertz CT molecular complexity index is 311. The number of aromatic nitrogens is 2. The van der Waals surface area contributed by atoms with Crippen molar-refractivity contribution < 1.29 is 4.42 Å². The zero-order valence-corrected chi connectivity index (χ0v) is 9.70. The molecule has 1 fully saturated rings. The van der Waals surface area contributed by atoms with Crippen LogP contribution in [-0.4, -0.2) is 23.3 Å². The van der Waals surface area contributed by atoms with Gasteiger partial charge in [-0.2, -0.15) is 0 Å². The molecule has 0 radical (unpaired) electrons. The SMILES string of the molecule is CCN(CC1CCC1)c1nnc(CCl)o1. The molecule has 0 atom stereocenters. The molecule has 1 saturated carbocycles. The van der Waals surface area contributed by atoms with Gasteiger partial charge in [0.05, 0.1) is 0 Å². The first-order valence-electron chi connectivity index (χ1n) is 5.46. The van der Waals surface area contributed by atoms with Crippen LogP contribution in [0.25, 0.3) is 0 Å². The van der Waals surface area contributed by atoms with Crippen LogP contribution in [-0.2, 0) is 5.88 Å². The van der Waals surface area contributed by atoms with Gasteiger partial charge in [-0.1, -0.05) is 11.5 Å². The summed E-state index contributed by atoms with van der Waals surface area (Å²) in [6.07, 6.45) is 4.01. The Kier molecular flexibility index (Phi) is 3.46. The third-order valence-corrected chi connectivity index (χ3v) is 3.15. The van der Waals surface area contributed by atoms with E-state index in [9.17, 15) is 0 Å². The van der Waals surface area contributed by atoms with Crippen LogP contribution in [0.4, 0.5) is 6.01 Å². The van der Waals surface area contributed by atoms with E-state index in [2.05, 4.69) is 22.0 Å². The van der Waals surface area contributed by atoms with Crippen molar-refractivity contribution in [2.45, 2.75) is 32.1 Å². The number of nitrogens with zero attached hydrogens (tertiary/aromatic N) is 3. The number of halogens is 1. The van der Waals surface area contributed by atoms with Gasteiger partial charge in [0.25, 0.3) is 0 Å². The minimum atomic E-state index is 0.286. The van der Waals surface area contributed by atoms with Gasteiger partial charge in [0.1, 0.15) is 5.88 Å². The van der Waals surface area contributed by atoms with E-state index in [0.29, 0.717) is 11.9 Å². The van der Waals surface area contributed by atoms with Gasteiger partial charge in [-0.05, 0) is 25.7 Å². The lowest BCUT2D eigenvalue weighted by Crippen LogP contribution is -2.32. The molecule has 0 amide bonds. The first kappa shape index (κ1) is 10.7. The molecule has 4 nitrogen and oxygen atoms in total. The molecule has 5 heteroatoms. The van der Waals surface area contributed by atoms with Crippen molar-refractivity contribution in [2.24, 2.45) is 5.92 Å². The zero-order valence-electron chi connectivity index (χ0n) is 8.95. The maximum Gasteiger partial charge on any atom is 0.318 e. The predicted octanol–water partition coefficient (Wildman–Crippen LogP) is 2.43. The summed E-state index contributed by atoms with van der Waals surface area (Å²) >= 11 is 5.62. The topological polar surface area (TPSA) is 42.2 Å². The molecule has 0 aliphatic heterocycles. The largest absolute Gasteiger partial charge is 0.407 e. The second kappa shape index (κ2) is 4.84. The third kappa shape index (κ3) is 2.43. The van der Waals surface area contributed by atoms with E-state index in [4.69, 9.17) is 16.0 Å². The van der Waals surface area contributed by atoms with Crippen LogP contribution in [0.3, 0.4) is 0 Å². The van der Waals surface area contributed by atoms with Crippen molar-refractivity contribution in [2.75, 3.05) is 18.0 Å². The number of rotatable bonds is 5. The molecule has 1 aliphatic rings. The van der Waals surface area contributed by atoms with Crippen LogP contribution in [0.15, 0.2) is 4.42 Å². The standard InChI is InChI=1S/C10H16ClN3O/c1-2-14(7-8-4-3-5-8)10-13-12-9(6-11)15-10/h8H,2-7H2,1H3. The van der Waals surface area contributed by atoms with Crippen molar-refractivity contribution in [3.05, 3.63) is 5.89 Å². The van der Waals surface area contributed by atoms with Crippen molar-refractivity contribution in [1.29, 1.82) is 0 Å². The molecule has 0 bridgehead atoms. The minimum absolute atomic E-state index is 0.286. The minimum Gasteiger partial charge on any atom is -0.407 e. The van der Waals surface area contributed by atoms with Crippen molar-refractivity contribution in [1.82, 2.24) is 10.2 Å². The van der Waals surface area contributed by atoms with Gasteiger partial charge in [-0.15, -0.1) is 16.7 Å². The fraction of sp³-hybridized carbons (Fsp3) is 0.800. The molecule has 0 N–H and O–H groups in total. The molecule has 84 valence electrons. The highest BCUT2D eigenvalue weighted by Gasteiger charge is 2.22. The molecule has 1 heterocycles. The lowest BCUT2D eigenvalue weighted by Gasteiger charge is -2.30. The van der Waals surface area contributed by atoms with Crippen LogP contribution in [0, 0.1) is 5.92 Å². The van der Waals surface area contributed by atoms with Gasteiger partial charge in [-0.25, -0.2) is 0 Å². The third-order valence-electron chi connectivity index (χ3n) is 2.93. The fourth-order valence-electron chi connectivity index (χ4n) is 1.76. The Morgan fingerprint density at radius 1 is 1.47 bits per heavy atom. The lowest BCUT2D eigenvalue weighted by molar-refractivity contribution is 0.312. The molecule has 1 aromatic heterocycles. The summed E-state index contributed by atoms with van der Waals surface area (Å²) in [5.41, 5.74) is 0. The normalized spacial score (nSPS) is 16.4. The first-order chi connectivity index (χ1) is 7.33. The maximum atomic E-state index is 5.62. The highest BCUT2D eigenvalue weighted by atomic mass is 35.5. The van der Waals surface area contributed by atoms with E-state index in [1.807, 2.05) is 0 Å². The summed E-state index contributed by atoms with van der Waals surface area (Å²) in [7, 11) is 0. The summed E-state index contributed by atoms with van der Waals surface area (Å²) in [6.45, 7) is 4.03. The van der Waals surface area contributed by atoms with E-state index < -0.39 is 0 Å². The maximum absolute atomic E-state index is 5.62. The molecule has 0 unspecified atom stereocenters. The molecule has 1 aliphatic carbocycles. The Hall–Kier alpha value is -0.770. The average molecular weight is 230 g/mol. The molecule has 0 spiro atoms. The summed E-state index contributed by atoms with van der Waals surface area (Å²) in [4.78, 5) is 2.13. The summed E-state index contributed by atoms with van der Waals surface area (Å²) in [6, 6.07) is 0.611. The Labute approximate surface area is 94.6 Å². The van der Waals surface area contributed by atoms with Crippen LogP contribution in [0.2, 0.25) is 0 Å². The van der Waals surface area contributed by atoms with Crippen molar-refractivity contribution >= 4 is 17.6 Å². The Balaban J connectivity index is 1.97. The summed E-state index contributed by atoms with van der Waals surface area (Å²) in [5.74, 6) is 1.59. The highest BCUT2D eigenvalue weighted by Crippen LogP contribution is 2.28. The zero-order chi connectivity index (χ0) is 10.7. The van der Waals surface area contributed by atoms with Gasteiger partial charge in [0.15, 0.2) is 0 Å². The second-order valence-electron chi connectivity index (χ2n) is 3.95. The lowest BCUT2D eigenvalue weighted by atomic mass is 9.85. The summed E-state index contributed by atoms with van der Waals surface area (Å²) < 4.78 is 5.43. The van der Waals surface area contributed by atoms with Gasteiger partial charge >= 0.3 is 6.01 Å². The number of alkyl halides is 1. The summed E-state index contributed by atoms with van der Waals surface area (Å²) in [5, 5.41) is 7.86. The monoisotopic (exact) mass is 229 g/mol. The van der Waals surface area contributed by atoms with Crippen LogP contribution >= 0.6 is 11.6 Å². The van der Waals surface area contributed by atoms with Gasteiger partial charge in [0.2, 0.25) is 5.89 Å². The van der Waals surface area contributed by atoms with Crippen molar-refractivity contribution in [3.8, 4) is 0 Å². The number of hydrogen-bond donors (Lipinski definition) is 0. The van der Waals surface area contributed by atoms with Crippen molar-refractivity contribution in [3.63, 3.8) is 0 Å². The smallest absolute Gasteiger partial charge is 0.318 e. The Morgan fingerprint density at radius 3 is 2.73 bits per heavy atom. The van der Waals surface area contributed by atoms with Crippen LogP contribution in [0.1, 0.15) is 32.1 Å². The fourth-order valence-corrected chi connectivity index (χ4v) is 1.86. The highest BCUT2D eigenvalue weighted by molar-refractivity contribution is 6.16. The van der Waals surface area contributed by atoms with Gasteiger partial charge < -0.3 is 9.32 Å². The van der Waals surface area contributed by atoms with E-state index in [1.54, 1.807) is 0 Å². The number of anilines is 1. The first-order valence-corrected chi connectivity index (χ1v) is 6.00. The Morgan fingerprint density at radius 2 is 2.27 bits per heavy atom. The van der Waals surface area contributed by atoms with Crippen LogP contribution < -0.4 is 4.90 Å². The van der Waals surface area contributed by atoms with E-state index in [0.717, 1.165) is 19.0 Å². The number of hydrogen-bond acceptors (Lipinski definition) is 4. The molecule has 1 aromatic rings. The van der Waals surface area contributed by atoms with Crippen LogP contribution in [0.5, 0.6) is 0 Å².